The van der Waals surface area contributed by atoms with E-state index in [1.807, 2.05) is 0 Å². The van der Waals surface area contributed by atoms with E-state index in [-0.39, 0.29) is 11.3 Å². The normalized spacial score (nSPS) is 18.4. The van der Waals surface area contributed by atoms with Crippen molar-refractivity contribution in [1.82, 2.24) is 19.2 Å². The monoisotopic (exact) mass is 467 g/mol. The van der Waals surface area contributed by atoms with Gasteiger partial charge in [-0.25, -0.2) is 18.1 Å². The zero-order valence-electron chi connectivity index (χ0n) is 17.5. The van der Waals surface area contributed by atoms with Crippen LogP contribution in [0.15, 0.2) is 29.4 Å². The van der Waals surface area contributed by atoms with Crippen LogP contribution in [0.25, 0.3) is 0 Å². The van der Waals surface area contributed by atoms with Crippen LogP contribution in [0.3, 0.4) is 0 Å². The van der Waals surface area contributed by atoms with E-state index < -0.39 is 11.6 Å². The van der Waals surface area contributed by atoms with Gasteiger partial charge < -0.3 is 14.4 Å². The Morgan fingerprint density at radius 3 is 2.65 bits per heavy atom. The van der Waals surface area contributed by atoms with Crippen molar-refractivity contribution in [3.05, 3.63) is 41.5 Å². The molecule has 1 aromatic heterocycles. The second kappa shape index (κ2) is 10.8. The molecule has 2 fully saturated rings. The largest absolute Gasteiger partial charge is 0.481 e. The maximum atomic E-state index is 13.9. The minimum atomic E-state index is -0.850. The van der Waals surface area contributed by atoms with Crippen LogP contribution in [0.2, 0.25) is 0 Å². The van der Waals surface area contributed by atoms with E-state index in [9.17, 15) is 8.78 Å². The van der Waals surface area contributed by atoms with E-state index in [2.05, 4.69) is 23.9 Å². The Morgan fingerprint density at radius 2 is 1.90 bits per heavy atom. The first-order valence-electron chi connectivity index (χ1n) is 10.5. The van der Waals surface area contributed by atoms with Gasteiger partial charge in [0.25, 0.3) is 0 Å². The van der Waals surface area contributed by atoms with E-state index in [0.717, 1.165) is 19.2 Å². The summed E-state index contributed by atoms with van der Waals surface area (Å²) in [6.45, 7) is 4.55. The van der Waals surface area contributed by atoms with Gasteiger partial charge in [0.2, 0.25) is 5.88 Å². The summed E-state index contributed by atoms with van der Waals surface area (Å²) in [6.07, 6.45) is 5.03. The number of hydrogen-bond donors (Lipinski definition) is 1. The molecule has 31 heavy (non-hydrogen) atoms. The van der Waals surface area contributed by atoms with Gasteiger partial charge >= 0.3 is 0 Å². The number of likely N-dealkylation sites (tertiary alicyclic amines) is 1. The maximum absolute atomic E-state index is 13.9. The highest BCUT2D eigenvalue weighted by Gasteiger charge is 2.26. The zero-order valence-corrected chi connectivity index (χ0v) is 19.2. The fraction of sp³-hybridized carbons (Fsp3) is 0.524. The van der Waals surface area contributed by atoms with Gasteiger partial charge in [-0.1, -0.05) is 23.9 Å². The molecule has 0 saturated carbocycles. The molecular formula is C21H27F2N5OS2. The smallest absolute Gasteiger partial charge is 0.219 e. The number of ether oxygens (including phenoxy) is 1. The number of anilines is 1. The summed E-state index contributed by atoms with van der Waals surface area (Å²) in [7, 11) is 1.54. The number of thioether (sulfide) groups is 1. The average Bonchev–Trinajstić information content (AvgIpc) is 3.34. The molecule has 0 radical (unpaired) electrons. The van der Waals surface area contributed by atoms with Crippen molar-refractivity contribution in [2.45, 2.75) is 42.6 Å². The van der Waals surface area contributed by atoms with E-state index in [0.29, 0.717) is 22.9 Å². The van der Waals surface area contributed by atoms with Crippen LogP contribution < -0.4 is 9.46 Å². The van der Waals surface area contributed by atoms with Crippen molar-refractivity contribution >= 4 is 29.7 Å². The van der Waals surface area contributed by atoms with Gasteiger partial charge in [-0.05, 0) is 44.8 Å². The Labute approximate surface area is 190 Å². The molecule has 0 bridgehead atoms. The van der Waals surface area contributed by atoms with Crippen LogP contribution in [0.4, 0.5) is 14.6 Å². The van der Waals surface area contributed by atoms with E-state index in [1.54, 1.807) is 31.4 Å². The van der Waals surface area contributed by atoms with Gasteiger partial charge in [0.15, 0.2) is 16.8 Å². The number of nitrogens with one attached hydrogen (secondary N) is 1. The Hall–Kier alpha value is -1.62. The van der Waals surface area contributed by atoms with Gasteiger partial charge in [0.05, 0.1) is 7.11 Å². The van der Waals surface area contributed by atoms with Crippen LogP contribution in [0, 0.1) is 11.6 Å². The highest BCUT2D eigenvalue weighted by molar-refractivity contribution is 7.98. The molecule has 10 heteroatoms. The molecule has 3 heterocycles. The van der Waals surface area contributed by atoms with Crippen molar-refractivity contribution in [3.63, 3.8) is 0 Å². The number of nitrogens with zero attached hydrogens (tertiary/aromatic N) is 4. The highest BCUT2D eigenvalue weighted by atomic mass is 32.2. The van der Waals surface area contributed by atoms with Crippen LogP contribution in [0.5, 0.6) is 5.88 Å². The molecule has 168 valence electrons. The molecule has 4 rings (SSSR count). The lowest BCUT2D eigenvalue weighted by Crippen LogP contribution is -2.41. The predicted octanol–water partition coefficient (Wildman–Crippen LogP) is 4.59. The topological polar surface area (TPSA) is 53.5 Å². The summed E-state index contributed by atoms with van der Waals surface area (Å²) in [5, 5.41) is 0.443. The summed E-state index contributed by atoms with van der Waals surface area (Å²) in [4.78, 5) is 11.4. The molecule has 2 aliphatic heterocycles. The lowest BCUT2D eigenvalue weighted by molar-refractivity contribution is 0.173. The highest BCUT2D eigenvalue weighted by Crippen LogP contribution is 2.28. The zero-order chi connectivity index (χ0) is 21.6. The van der Waals surface area contributed by atoms with Crippen molar-refractivity contribution in [2.75, 3.05) is 38.0 Å². The molecule has 2 aliphatic rings. The first-order chi connectivity index (χ1) is 15.1. The van der Waals surface area contributed by atoms with E-state index >= 15 is 0 Å². The van der Waals surface area contributed by atoms with Gasteiger partial charge in [0.1, 0.15) is 5.82 Å². The molecule has 2 saturated heterocycles. The third-order valence-electron chi connectivity index (χ3n) is 5.64. The Balaban J connectivity index is 1.31. The van der Waals surface area contributed by atoms with Gasteiger partial charge in [-0.2, -0.15) is 4.98 Å². The van der Waals surface area contributed by atoms with Crippen molar-refractivity contribution < 1.29 is 13.5 Å². The predicted molar refractivity (Wildman–Crippen MR) is 121 cm³/mol. The van der Waals surface area contributed by atoms with Gasteiger partial charge in [-0.3, -0.25) is 0 Å². The summed E-state index contributed by atoms with van der Waals surface area (Å²) in [6, 6.07) is 6.61. The first-order valence-corrected chi connectivity index (χ1v) is 12.3. The molecule has 1 N–H and O–H groups in total. The summed E-state index contributed by atoms with van der Waals surface area (Å²) >= 11 is 2.78. The summed E-state index contributed by atoms with van der Waals surface area (Å²) in [5.41, 5.74) is 0.279. The Kier molecular flexibility index (Phi) is 7.86. The number of hydrogen-bond acceptors (Lipinski definition) is 8. The molecule has 1 aromatic carbocycles. The summed E-state index contributed by atoms with van der Waals surface area (Å²) < 4.78 is 38.2. The Bertz CT molecular complexity index is 877. The van der Waals surface area contributed by atoms with E-state index in [4.69, 9.17) is 4.74 Å². The molecule has 0 aliphatic carbocycles. The van der Waals surface area contributed by atoms with Crippen LogP contribution in [0.1, 0.15) is 31.2 Å². The van der Waals surface area contributed by atoms with Gasteiger partial charge in [-0.15, -0.1) is 0 Å². The van der Waals surface area contributed by atoms with Crippen molar-refractivity contribution in [2.24, 2.45) is 0 Å². The van der Waals surface area contributed by atoms with Crippen LogP contribution >= 0.6 is 23.9 Å². The molecule has 0 amide bonds. The lowest BCUT2D eigenvalue weighted by Gasteiger charge is -2.35. The second-order valence-electron chi connectivity index (χ2n) is 7.68. The van der Waals surface area contributed by atoms with Crippen LogP contribution in [-0.2, 0) is 5.75 Å². The minimum absolute atomic E-state index is 0.230. The number of halogens is 2. The minimum Gasteiger partial charge on any atom is -0.481 e. The number of piperidine rings is 1. The number of rotatable bonds is 8. The first kappa shape index (κ1) is 22.6. The fourth-order valence-electron chi connectivity index (χ4n) is 3.94. The molecule has 2 aromatic rings. The number of benzene rings is 1. The second-order valence-corrected chi connectivity index (χ2v) is 9.52. The van der Waals surface area contributed by atoms with Gasteiger partial charge in [0, 0.05) is 48.6 Å². The maximum Gasteiger partial charge on any atom is 0.219 e. The standard InChI is InChI=1S/C21H27F2N5OS2/c1-29-19-13-18(24-21(25-19)30-14-15-5-4-6-17(22)20(15)23)26-31-28-11-7-16(8-12-28)27-9-2-3-10-27/h4-6,13,16H,2-3,7-12,14H2,1H3,(H,24,25,26). The van der Waals surface area contributed by atoms with E-state index in [1.165, 1.54) is 56.6 Å². The Morgan fingerprint density at radius 1 is 1.13 bits per heavy atom. The lowest BCUT2D eigenvalue weighted by atomic mass is 10.1. The third kappa shape index (κ3) is 6.00. The molecule has 6 nitrogen and oxygen atoms in total. The fourth-order valence-corrected chi connectivity index (χ4v) is 5.49. The quantitative estimate of drug-likeness (QED) is 0.344. The average molecular weight is 468 g/mol. The number of methoxy groups -OCH3 is 1. The molecule has 0 spiro atoms. The summed E-state index contributed by atoms with van der Waals surface area (Å²) in [5.74, 6) is -0.400. The van der Waals surface area contributed by atoms with Crippen molar-refractivity contribution in [1.29, 1.82) is 0 Å². The third-order valence-corrected chi connectivity index (χ3v) is 7.46. The molecular weight excluding hydrogens is 440 g/mol. The molecule has 0 atom stereocenters. The van der Waals surface area contributed by atoms with Crippen LogP contribution in [-0.4, -0.2) is 58.5 Å². The van der Waals surface area contributed by atoms with Crippen molar-refractivity contribution in [3.8, 4) is 5.88 Å². The molecule has 0 unspecified atom stereocenters. The number of aromatic nitrogens is 2. The SMILES string of the molecule is COc1cc(NSN2CCC(N3CCCC3)CC2)nc(SCc2cccc(F)c2F)n1.